The second kappa shape index (κ2) is 11.3. The van der Waals surface area contributed by atoms with Crippen LogP contribution in [0.25, 0.3) is 0 Å². The number of piperidine rings is 1. The highest BCUT2D eigenvalue weighted by atomic mass is 19.4. The van der Waals surface area contributed by atoms with Gasteiger partial charge in [-0.25, -0.2) is 0 Å². The molecule has 0 unspecified atom stereocenters. The van der Waals surface area contributed by atoms with Crippen molar-refractivity contribution in [2.24, 2.45) is 11.3 Å². The molecule has 0 aliphatic carbocycles. The molecule has 1 saturated heterocycles. The molecule has 34 heavy (non-hydrogen) atoms. The standard InChI is InChI=1S/C25H35F6NO2/c1-23(2,3)12-9-20(10-13-24(26,27)28)32-14-11-17(16-22(33)34-4)15-21(32)18-5-7-19(8-6-18)25(29,30)31/h5-8,17,20-21H,9-16H2,1-4H3/t17-,20-,21+/m1/s1. The maximum Gasteiger partial charge on any atom is 0.416 e. The second-order valence-corrected chi connectivity index (χ2v) is 10.5. The van der Waals surface area contributed by atoms with Crippen LogP contribution in [0.5, 0.6) is 0 Å². The fourth-order valence-electron chi connectivity index (χ4n) is 4.63. The molecular weight excluding hydrogens is 460 g/mol. The van der Waals surface area contributed by atoms with E-state index in [9.17, 15) is 31.1 Å². The largest absolute Gasteiger partial charge is 0.469 e. The van der Waals surface area contributed by atoms with Crippen LogP contribution in [-0.2, 0) is 15.7 Å². The predicted molar refractivity (Wildman–Crippen MR) is 118 cm³/mol. The summed E-state index contributed by atoms with van der Waals surface area (Å²) < 4.78 is 83.3. The lowest BCUT2D eigenvalue weighted by molar-refractivity contribution is -0.144. The Hall–Kier alpha value is -1.77. The van der Waals surface area contributed by atoms with Gasteiger partial charge in [0.1, 0.15) is 0 Å². The molecule has 0 saturated carbocycles. The van der Waals surface area contributed by atoms with Crippen molar-refractivity contribution in [2.75, 3.05) is 13.7 Å². The molecule has 1 aliphatic heterocycles. The molecular formula is C25H35F6NO2. The van der Waals surface area contributed by atoms with Gasteiger partial charge in [-0.2, -0.15) is 26.3 Å². The highest BCUT2D eigenvalue weighted by molar-refractivity contribution is 5.69. The summed E-state index contributed by atoms with van der Waals surface area (Å²) >= 11 is 0. The normalized spacial score (nSPS) is 21.4. The Bertz CT molecular complexity index is 765. The number of esters is 1. The van der Waals surface area contributed by atoms with Crippen LogP contribution in [0, 0.1) is 11.3 Å². The van der Waals surface area contributed by atoms with Crippen molar-refractivity contribution in [1.82, 2.24) is 4.90 Å². The minimum Gasteiger partial charge on any atom is -0.469 e. The molecule has 1 aliphatic rings. The van der Waals surface area contributed by atoms with E-state index in [2.05, 4.69) is 0 Å². The highest BCUT2D eigenvalue weighted by Crippen LogP contribution is 2.41. The van der Waals surface area contributed by atoms with Crippen molar-refractivity contribution < 1.29 is 35.9 Å². The molecule has 3 nitrogen and oxygen atoms in total. The van der Waals surface area contributed by atoms with Gasteiger partial charge < -0.3 is 4.74 Å². The van der Waals surface area contributed by atoms with Crippen LogP contribution in [0.1, 0.15) is 82.9 Å². The Morgan fingerprint density at radius 3 is 2.12 bits per heavy atom. The molecule has 0 radical (unpaired) electrons. The van der Waals surface area contributed by atoms with E-state index in [-0.39, 0.29) is 42.2 Å². The van der Waals surface area contributed by atoms with Gasteiger partial charge in [0.05, 0.1) is 12.7 Å². The lowest BCUT2D eigenvalue weighted by Crippen LogP contribution is -2.44. The van der Waals surface area contributed by atoms with Gasteiger partial charge >= 0.3 is 18.3 Å². The van der Waals surface area contributed by atoms with E-state index in [1.165, 1.54) is 19.2 Å². The molecule has 0 amide bonds. The first kappa shape index (κ1) is 28.5. The maximum atomic E-state index is 13.1. The van der Waals surface area contributed by atoms with Gasteiger partial charge in [-0.15, -0.1) is 0 Å². The van der Waals surface area contributed by atoms with Crippen molar-refractivity contribution in [3.8, 4) is 0 Å². The van der Waals surface area contributed by atoms with E-state index >= 15 is 0 Å². The molecule has 194 valence electrons. The summed E-state index contributed by atoms with van der Waals surface area (Å²) in [5.74, 6) is -0.423. The van der Waals surface area contributed by atoms with Crippen LogP contribution in [0.3, 0.4) is 0 Å². The Kier molecular flexibility index (Phi) is 9.47. The number of rotatable bonds is 8. The first-order chi connectivity index (χ1) is 15.6. The molecule has 0 spiro atoms. The van der Waals surface area contributed by atoms with Crippen LogP contribution >= 0.6 is 0 Å². The van der Waals surface area contributed by atoms with Crippen LogP contribution in [0.4, 0.5) is 26.3 Å². The number of carbonyl (C=O) groups excluding carboxylic acids is 1. The summed E-state index contributed by atoms with van der Waals surface area (Å²) in [5, 5.41) is 0. The summed E-state index contributed by atoms with van der Waals surface area (Å²) in [4.78, 5) is 13.9. The summed E-state index contributed by atoms with van der Waals surface area (Å²) in [6.07, 6.45) is -7.20. The van der Waals surface area contributed by atoms with Crippen molar-refractivity contribution in [1.29, 1.82) is 0 Å². The average Bonchev–Trinajstić information content (AvgIpc) is 2.72. The van der Waals surface area contributed by atoms with Gasteiger partial charge in [-0.05, 0) is 67.7 Å². The zero-order chi connectivity index (χ0) is 25.7. The Labute approximate surface area is 197 Å². The second-order valence-electron chi connectivity index (χ2n) is 10.5. The number of hydrogen-bond acceptors (Lipinski definition) is 3. The van der Waals surface area contributed by atoms with Crippen LogP contribution in [0.15, 0.2) is 24.3 Å². The SMILES string of the molecule is COC(=O)C[C@@H]1CCN([C@H](CCC(C)(C)C)CCC(F)(F)F)[C@H](c2ccc(C(F)(F)F)cc2)C1. The fourth-order valence-corrected chi connectivity index (χ4v) is 4.63. The topological polar surface area (TPSA) is 29.5 Å². The third kappa shape index (κ3) is 9.12. The monoisotopic (exact) mass is 495 g/mol. The Morgan fingerprint density at radius 2 is 1.62 bits per heavy atom. The molecule has 0 N–H and O–H groups in total. The molecule has 1 aromatic rings. The van der Waals surface area contributed by atoms with Crippen LogP contribution in [-0.4, -0.2) is 36.7 Å². The summed E-state index contributed by atoms with van der Waals surface area (Å²) in [6, 6.07) is 4.10. The predicted octanol–water partition coefficient (Wildman–Crippen LogP) is 7.56. The molecule has 1 fully saturated rings. The zero-order valence-corrected chi connectivity index (χ0v) is 20.2. The molecule has 0 bridgehead atoms. The van der Waals surface area contributed by atoms with Gasteiger partial charge in [0.15, 0.2) is 0 Å². The average molecular weight is 496 g/mol. The molecule has 9 heteroatoms. The minimum atomic E-state index is -4.47. The lowest BCUT2D eigenvalue weighted by atomic mass is 9.81. The summed E-state index contributed by atoms with van der Waals surface area (Å²) in [5.41, 5.74) is -0.217. The number of likely N-dealkylation sites (tertiary alicyclic amines) is 1. The molecule has 0 aromatic heterocycles. The van der Waals surface area contributed by atoms with E-state index in [1.54, 1.807) is 0 Å². The number of halogens is 6. The molecule has 2 rings (SSSR count). The number of benzene rings is 1. The first-order valence-corrected chi connectivity index (χ1v) is 11.7. The third-order valence-electron chi connectivity index (χ3n) is 6.52. The summed E-state index contributed by atoms with van der Waals surface area (Å²) in [7, 11) is 1.30. The number of carbonyl (C=O) groups is 1. The van der Waals surface area contributed by atoms with Crippen molar-refractivity contribution in [3.63, 3.8) is 0 Å². The number of methoxy groups -OCH3 is 1. The Balaban J connectivity index is 2.35. The maximum absolute atomic E-state index is 13.1. The van der Waals surface area contributed by atoms with Crippen LogP contribution in [0.2, 0.25) is 0 Å². The number of hydrogen-bond donors (Lipinski definition) is 0. The smallest absolute Gasteiger partial charge is 0.416 e. The highest BCUT2D eigenvalue weighted by Gasteiger charge is 2.38. The molecule has 1 aromatic carbocycles. The van der Waals surface area contributed by atoms with Crippen molar-refractivity contribution >= 4 is 5.97 Å². The third-order valence-corrected chi connectivity index (χ3v) is 6.52. The van der Waals surface area contributed by atoms with Gasteiger partial charge in [0.25, 0.3) is 0 Å². The quantitative estimate of drug-likeness (QED) is 0.275. The van der Waals surface area contributed by atoms with E-state index in [1.807, 2.05) is 25.7 Å². The van der Waals surface area contributed by atoms with E-state index in [4.69, 9.17) is 4.74 Å². The van der Waals surface area contributed by atoms with Gasteiger partial charge in [0.2, 0.25) is 0 Å². The zero-order valence-electron chi connectivity index (χ0n) is 20.2. The lowest BCUT2D eigenvalue weighted by Gasteiger charge is -2.45. The van der Waals surface area contributed by atoms with E-state index in [0.717, 1.165) is 18.6 Å². The number of ether oxygens (including phenoxy) is 1. The molecule has 1 heterocycles. The van der Waals surface area contributed by atoms with Crippen molar-refractivity contribution in [3.05, 3.63) is 35.4 Å². The minimum absolute atomic E-state index is 0.0538. The molecule has 3 atom stereocenters. The number of nitrogens with zero attached hydrogens (tertiary/aromatic N) is 1. The van der Waals surface area contributed by atoms with Gasteiger partial charge in [-0.1, -0.05) is 32.9 Å². The van der Waals surface area contributed by atoms with Crippen LogP contribution < -0.4 is 0 Å². The van der Waals surface area contributed by atoms with Crippen molar-refractivity contribution in [2.45, 2.75) is 90.2 Å². The van der Waals surface area contributed by atoms with Gasteiger partial charge in [0, 0.05) is 24.9 Å². The number of alkyl halides is 6. The van der Waals surface area contributed by atoms with E-state index < -0.39 is 24.3 Å². The van der Waals surface area contributed by atoms with Gasteiger partial charge in [-0.3, -0.25) is 9.69 Å². The summed E-state index contributed by atoms with van der Waals surface area (Å²) in [6.45, 7) is 6.57. The van der Waals surface area contributed by atoms with E-state index in [0.29, 0.717) is 31.4 Å². The Morgan fingerprint density at radius 1 is 1.03 bits per heavy atom. The first-order valence-electron chi connectivity index (χ1n) is 11.7. The fraction of sp³-hybridized carbons (Fsp3) is 0.720.